The summed E-state index contributed by atoms with van der Waals surface area (Å²) in [5.74, 6) is -1.11. The average molecular weight is 388 g/mol. The van der Waals surface area contributed by atoms with Gasteiger partial charge in [0, 0.05) is 10.5 Å². The van der Waals surface area contributed by atoms with Crippen LogP contribution in [-0.4, -0.2) is 39.6 Å². The zero-order valence-electron chi connectivity index (χ0n) is 14.8. The van der Waals surface area contributed by atoms with Crippen molar-refractivity contribution in [2.45, 2.75) is 54.7 Å². The van der Waals surface area contributed by atoms with Gasteiger partial charge in [0.25, 0.3) is 11.8 Å². The zero-order chi connectivity index (χ0) is 19.2. The normalized spacial score (nSPS) is 23.7. The second kappa shape index (κ2) is 6.56. The summed E-state index contributed by atoms with van der Waals surface area (Å²) in [7, 11) is 0. The minimum Gasteiger partial charge on any atom is -0.324 e. The summed E-state index contributed by atoms with van der Waals surface area (Å²) in [5, 5.41) is 6.09. The summed E-state index contributed by atoms with van der Waals surface area (Å²) in [6.07, 6.45) is 3.95. The maximum absolute atomic E-state index is 12.7. The molecule has 0 aromatic heterocycles. The number of hydrogen-bond acceptors (Lipinski definition) is 5. The van der Waals surface area contributed by atoms with Crippen LogP contribution in [0, 0.1) is 0 Å². The van der Waals surface area contributed by atoms with Crippen molar-refractivity contribution < 1.29 is 19.2 Å². The Kier molecular flexibility index (Phi) is 4.33. The van der Waals surface area contributed by atoms with E-state index < -0.39 is 23.4 Å². The van der Waals surface area contributed by atoms with Gasteiger partial charge in [-0.25, -0.2) is 4.79 Å². The van der Waals surface area contributed by atoms with E-state index in [1.54, 1.807) is 18.2 Å². The molecule has 5 amide bonds. The van der Waals surface area contributed by atoms with E-state index in [0.717, 1.165) is 29.2 Å². The van der Waals surface area contributed by atoms with E-state index >= 15 is 0 Å². The Morgan fingerprint density at radius 3 is 2.70 bits per heavy atom. The molecule has 1 aromatic carbocycles. The van der Waals surface area contributed by atoms with Crippen LogP contribution in [0.4, 0.5) is 10.5 Å². The Labute approximate surface area is 160 Å². The predicted molar refractivity (Wildman–Crippen MR) is 99.1 cm³/mol. The number of rotatable bonds is 2. The third-order valence-corrected chi connectivity index (χ3v) is 6.43. The molecule has 2 heterocycles. The number of hydrazine groups is 1. The van der Waals surface area contributed by atoms with Gasteiger partial charge >= 0.3 is 6.03 Å². The van der Waals surface area contributed by atoms with Crippen LogP contribution in [-0.2, 0) is 9.59 Å². The standard InChI is InChI=1S/C18H20N4O4S/c1-10-14(23)19-12-9-11(5-6-13(12)27-10)15(24)21-22-16(25)18(20-17(22)26)7-3-2-4-8-18/h5-6,9-10H,2-4,7-8H2,1H3,(H,19,23)(H,20,26)(H,21,24)/t10-/m1/s1. The van der Waals surface area contributed by atoms with Crippen molar-refractivity contribution in [2.24, 2.45) is 0 Å². The second-order valence-electron chi connectivity index (χ2n) is 7.11. The van der Waals surface area contributed by atoms with Crippen LogP contribution in [0.5, 0.6) is 0 Å². The van der Waals surface area contributed by atoms with Crippen LogP contribution >= 0.6 is 11.8 Å². The lowest BCUT2D eigenvalue weighted by Crippen LogP contribution is -2.50. The zero-order valence-corrected chi connectivity index (χ0v) is 15.6. The molecule has 0 radical (unpaired) electrons. The first-order valence-corrected chi connectivity index (χ1v) is 9.87. The van der Waals surface area contributed by atoms with E-state index in [0.29, 0.717) is 18.5 Å². The minimum atomic E-state index is -0.890. The number of carbonyl (C=O) groups excluding carboxylic acids is 4. The molecule has 0 unspecified atom stereocenters. The molecule has 3 N–H and O–H groups in total. The van der Waals surface area contributed by atoms with Crippen molar-refractivity contribution >= 4 is 41.2 Å². The SMILES string of the molecule is C[C@H]1Sc2ccc(C(=O)NN3C(=O)NC4(CCCCC4)C3=O)cc2NC1=O. The van der Waals surface area contributed by atoms with Crippen molar-refractivity contribution in [1.82, 2.24) is 15.8 Å². The van der Waals surface area contributed by atoms with Gasteiger partial charge in [-0.05, 0) is 38.0 Å². The van der Waals surface area contributed by atoms with E-state index in [9.17, 15) is 19.2 Å². The molecule has 142 valence electrons. The largest absolute Gasteiger partial charge is 0.344 e. The quantitative estimate of drug-likeness (QED) is 0.672. The van der Waals surface area contributed by atoms with Gasteiger partial charge in [0.05, 0.1) is 10.9 Å². The molecule has 8 nitrogen and oxygen atoms in total. The first-order chi connectivity index (χ1) is 12.9. The lowest BCUT2D eigenvalue weighted by atomic mass is 9.82. The molecular formula is C18H20N4O4S. The first kappa shape index (κ1) is 17.8. The van der Waals surface area contributed by atoms with Gasteiger partial charge in [0.1, 0.15) is 5.54 Å². The van der Waals surface area contributed by atoms with E-state index in [2.05, 4.69) is 16.1 Å². The smallest absolute Gasteiger partial charge is 0.324 e. The van der Waals surface area contributed by atoms with E-state index in [1.807, 2.05) is 6.92 Å². The fraction of sp³-hybridized carbons (Fsp3) is 0.444. The topological polar surface area (TPSA) is 108 Å². The molecule has 4 rings (SSSR count). The second-order valence-corrected chi connectivity index (χ2v) is 8.50. The molecule has 27 heavy (non-hydrogen) atoms. The van der Waals surface area contributed by atoms with Gasteiger partial charge < -0.3 is 10.6 Å². The first-order valence-electron chi connectivity index (χ1n) is 8.99. The van der Waals surface area contributed by atoms with Gasteiger partial charge in [-0.3, -0.25) is 19.8 Å². The van der Waals surface area contributed by atoms with Crippen LogP contribution in [0.2, 0.25) is 0 Å². The van der Waals surface area contributed by atoms with Crippen LogP contribution in [0.1, 0.15) is 49.4 Å². The fourth-order valence-corrected chi connectivity index (χ4v) is 4.66. The van der Waals surface area contributed by atoms with E-state index in [1.165, 1.54) is 11.8 Å². The number of amides is 5. The highest BCUT2D eigenvalue weighted by Crippen LogP contribution is 2.36. The maximum Gasteiger partial charge on any atom is 0.344 e. The summed E-state index contributed by atoms with van der Waals surface area (Å²) in [6, 6.07) is 4.31. The Morgan fingerprint density at radius 1 is 1.22 bits per heavy atom. The summed E-state index contributed by atoms with van der Waals surface area (Å²) in [6.45, 7) is 1.81. The number of thioether (sulfide) groups is 1. The highest BCUT2D eigenvalue weighted by Gasteiger charge is 2.52. The molecular weight excluding hydrogens is 368 g/mol. The van der Waals surface area contributed by atoms with Crippen LogP contribution in [0.25, 0.3) is 0 Å². The van der Waals surface area contributed by atoms with Crippen molar-refractivity contribution in [2.75, 3.05) is 5.32 Å². The molecule has 1 aromatic rings. The number of nitrogens with zero attached hydrogens (tertiary/aromatic N) is 1. The molecule has 0 bridgehead atoms. The van der Waals surface area contributed by atoms with Crippen LogP contribution in [0.15, 0.2) is 23.1 Å². The molecule has 1 saturated heterocycles. The number of fused-ring (bicyclic) bond motifs is 1. The molecule has 1 spiro atoms. The van der Waals surface area contributed by atoms with Gasteiger partial charge in [-0.15, -0.1) is 11.8 Å². The van der Waals surface area contributed by atoms with E-state index in [-0.39, 0.29) is 16.7 Å². The lowest BCUT2D eigenvalue weighted by Gasteiger charge is -2.30. The van der Waals surface area contributed by atoms with Crippen LogP contribution in [0.3, 0.4) is 0 Å². The number of hydrogen-bond donors (Lipinski definition) is 3. The van der Waals surface area contributed by atoms with E-state index in [4.69, 9.17) is 0 Å². The Balaban J connectivity index is 1.51. The minimum absolute atomic E-state index is 0.126. The lowest BCUT2D eigenvalue weighted by molar-refractivity contribution is -0.134. The molecule has 2 fully saturated rings. The third-order valence-electron chi connectivity index (χ3n) is 5.25. The van der Waals surface area contributed by atoms with Crippen molar-refractivity contribution in [3.8, 4) is 0 Å². The number of urea groups is 1. The van der Waals surface area contributed by atoms with Crippen molar-refractivity contribution in [3.63, 3.8) is 0 Å². The Hall–Kier alpha value is -2.55. The van der Waals surface area contributed by atoms with Gasteiger partial charge in [-0.2, -0.15) is 5.01 Å². The number of benzene rings is 1. The third kappa shape index (κ3) is 3.05. The number of anilines is 1. The van der Waals surface area contributed by atoms with Gasteiger partial charge in [0.2, 0.25) is 5.91 Å². The molecule has 1 atom stereocenters. The monoisotopic (exact) mass is 388 g/mol. The molecule has 1 aliphatic carbocycles. The predicted octanol–water partition coefficient (Wildman–Crippen LogP) is 2.02. The number of carbonyl (C=O) groups is 4. The Morgan fingerprint density at radius 2 is 1.96 bits per heavy atom. The summed E-state index contributed by atoms with van der Waals surface area (Å²) in [4.78, 5) is 50.3. The van der Waals surface area contributed by atoms with Crippen molar-refractivity contribution in [1.29, 1.82) is 0 Å². The van der Waals surface area contributed by atoms with Gasteiger partial charge in [-0.1, -0.05) is 19.3 Å². The highest BCUT2D eigenvalue weighted by molar-refractivity contribution is 8.00. The summed E-state index contributed by atoms with van der Waals surface area (Å²) >= 11 is 1.42. The fourth-order valence-electron chi connectivity index (χ4n) is 3.73. The van der Waals surface area contributed by atoms with Gasteiger partial charge in [0.15, 0.2) is 0 Å². The molecule has 1 saturated carbocycles. The molecule has 2 aliphatic heterocycles. The summed E-state index contributed by atoms with van der Waals surface area (Å²) < 4.78 is 0. The van der Waals surface area contributed by atoms with Crippen LogP contribution < -0.4 is 16.1 Å². The highest BCUT2D eigenvalue weighted by atomic mass is 32.2. The molecule has 9 heteroatoms. The summed E-state index contributed by atoms with van der Waals surface area (Å²) in [5.41, 5.74) is 2.33. The molecule has 3 aliphatic rings. The number of nitrogens with one attached hydrogen (secondary N) is 3. The average Bonchev–Trinajstić information content (AvgIpc) is 2.87. The number of imide groups is 1. The maximum atomic E-state index is 12.7. The van der Waals surface area contributed by atoms with Crippen molar-refractivity contribution in [3.05, 3.63) is 23.8 Å². The Bertz CT molecular complexity index is 850.